The molecule has 0 aromatic heterocycles. The lowest BCUT2D eigenvalue weighted by molar-refractivity contribution is 0.0314. The van der Waals surface area contributed by atoms with Crippen molar-refractivity contribution in [3.63, 3.8) is 0 Å². The first-order chi connectivity index (χ1) is 9.40. The van der Waals surface area contributed by atoms with Crippen molar-refractivity contribution in [1.29, 1.82) is 0 Å². The fourth-order valence-electron chi connectivity index (χ4n) is 3.58. The molecule has 0 bridgehead atoms. The summed E-state index contributed by atoms with van der Waals surface area (Å²) in [6.45, 7) is 10.0. The van der Waals surface area contributed by atoms with Crippen LogP contribution in [0, 0.1) is 17.7 Å². The molecular formula is C17H27FN2. The number of rotatable bonds is 3. The van der Waals surface area contributed by atoms with E-state index in [1.54, 1.807) is 0 Å². The molecule has 2 rings (SSSR count). The number of hydrogen-bond donors (Lipinski definition) is 1. The third kappa shape index (κ3) is 3.21. The summed E-state index contributed by atoms with van der Waals surface area (Å²) in [6.07, 6.45) is 1.27. The minimum absolute atomic E-state index is 0.0282. The van der Waals surface area contributed by atoms with Crippen LogP contribution >= 0.6 is 0 Å². The molecule has 5 unspecified atom stereocenters. The molecule has 0 radical (unpaired) electrons. The highest BCUT2D eigenvalue weighted by Crippen LogP contribution is 2.35. The molecule has 1 saturated heterocycles. The second-order valence-electron chi connectivity index (χ2n) is 6.61. The zero-order valence-corrected chi connectivity index (χ0v) is 13.0. The Kier molecular flexibility index (Phi) is 4.82. The molecule has 1 aromatic rings. The first kappa shape index (κ1) is 15.5. The molecule has 0 amide bonds. The summed E-state index contributed by atoms with van der Waals surface area (Å²) in [5.41, 5.74) is 7.38. The number of hydrogen-bond acceptors (Lipinski definition) is 2. The Balaban J connectivity index is 2.30. The van der Waals surface area contributed by atoms with Crippen molar-refractivity contribution < 1.29 is 4.39 Å². The van der Waals surface area contributed by atoms with Gasteiger partial charge in [-0.15, -0.1) is 0 Å². The molecule has 1 aromatic carbocycles. The summed E-state index contributed by atoms with van der Waals surface area (Å²) in [4.78, 5) is 2.51. The molecule has 1 aliphatic heterocycles. The van der Waals surface area contributed by atoms with Gasteiger partial charge < -0.3 is 5.73 Å². The molecule has 2 nitrogen and oxygen atoms in total. The van der Waals surface area contributed by atoms with Gasteiger partial charge in [-0.25, -0.2) is 4.39 Å². The molecule has 1 heterocycles. The summed E-state index contributed by atoms with van der Waals surface area (Å²) in [6, 6.07) is 7.52. The van der Waals surface area contributed by atoms with Crippen LogP contribution in [0.4, 0.5) is 4.39 Å². The van der Waals surface area contributed by atoms with E-state index in [2.05, 4.69) is 25.7 Å². The molecule has 112 valence electrons. The SMILES string of the molecule is CC1CC(C)C(C)N(C(c2ccc(F)cc2)C(C)N)C1. The first-order valence-electron chi connectivity index (χ1n) is 7.67. The van der Waals surface area contributed by atoms with Crippen molar-refractivity contribution in [1.82, 2.24) is 4.90 Å². The molecule has 0 aliphatic carbocycles. The fraction of sp³-hybridized carbons (Fsp3) is 0.647. The minimum Gasteiger partial charge on any atom is -0.326 e. The third-order valence-electron chi connectivity index (χ3n) is 4.71. The summed E-state index contributed by atoms with van der Waals surface area (Å²) in [7, 11) is 0. The largest absolute Gasteiger partial charge is 0.326 e. The van der Waals surface area contributed by atoms with Crippen LogP contribution in [0.5, 0.6) is 0 Å². The van der Waals surface area contributed by atoms with Crippen LogP contribution in [0.2, 0.25) is 0 Å². The lowest BCUT2D eigenvalue weighted by atomic mass is 9.83. The predicted molar refractivity (Wildman–Crippen MR) is 81.9 cm³/mol. The maximum Gasteiger partial charge on any atom is 0.123 e. The van der Waals surface area contributed by atoms with Crippen LogP contribution in [0.3, 0.4) is 0 Å². The number of likely N-dealkylation sites (tertiary alicyclic amines) is 1. The summed E-state index contributed by atoms with van der Waals surface area (Å²) in [5, 5.41) is 0. The van der Waals surface area contributed by atoms with Gasteiger partial charge in [-0.1, -0.05) is 26.0 Å². The standard InChI is InChI=1S/C17H27FN2/c1-11-9-12(2)14(4)20(10-11)17(13(3)19)15-5-7-16(18)8-6-15/h5-8,11-14,17H,9-10,19H2,1-4H3. The summed E-state index contributed by atoms with van der Waals surface area (Å²) >= 11 is 0. The number of piperidine rings is 1. The molecule has 0 saturated carbocycles. The fourth-order valence-corrected chi connectivity index (χ4v) is 3.58. The highest BCUT2D eigenvalue weighted by atomic mass is 19.1. The summed E-state index contributed by atoms with van der Waals surface area (Å²) in [5.74, 6) is 1.16. The van der Waals surface area contributed by atoms with Crippen LogP contribution in [0.1, 0.15) is 45.7 Å². The van der Waals surface area contributed by atoms with Gasteiger partial charge in [-0.2, -0.15) is 0 Å². The number of nitrogens with two attached hydrogens (primary N) is 1. The van der Waals surface area contributed by atoms with Crippen LogP contribution < -0.4 is 5.73 Å². The molecule has 20 heavy (non-hydrogen) atoms. The molecule has 2 N–H and O–H groups in total. The van der Waals surface area contributed by atoms with E-state index in [4.69, 9.17) is 5.73 Å². The van der Waals surface area contributed by atoms with E-state index in [1.807, 2.05) is 19.1 Å². The average molecular weight is 278 g/mol. The predicted octanol–water partition coefficient (Wildman–Crippen LogP) is 3.58. The number of benzene rings is 1. The van der Waals surface area contributed by atoms with E-state index in [1.165, 1.54) is 18.6 Å². The van der Waals surface area contributed by atoms with E-state index in [0.29, 0.717) is 17.9 Å². The van der Waals surface area contributed by atoms with Crippen molar-refractivity contribution in [2.24, 2.45) is 17.6 Å². The van der Waals surface area contributed by atoms with Gasteiger partial charge in [0.2, 0.25) is 0 Å². The van der Waals surface area contributed by atoms with Crippen molar-refractivity contribution in [2.75, 3.05) is 6.54 Å². The zero-order chi connectivity index (χ0) is 14.9. The molecule has 1 aliphatic rings. The Morgan fingerprint density at radius 3 is 2.35 bits per heavy atom. The smallest absolute Gasteiger partial charge is 0.123 e. The maximum absolute atomic E-state index is 13.1. The van der Waals surface area contributed by atoms with Gasteiger partial charge >= 0.3 is 0 Å². The highest BCUT2D eigenvalue weighted by molar-refractivity contribution is 5.22. The topological polar surface area (TPSA) is 29.3 Å². The Labute approximate surface area is 122 Å². The second-order valence-corrected chi connectivity index (χ2v) is 6.61. The monoisotopic (exact) mass is 278 g/mol. The van der Waals surface area contributed by atoms with Gasteiger partial charge in [0.1, 0.15) is 5.82 Å². The molecule has 3 heteroatoms. The molecule has 1 fully saturated rings. The van der Waals surface area contributed by atoms with Crippen molar-refractivity contribution >= 4 is 0 Å². The maximum atomic E-state index is 13.1. The van der Waals surface area contributed by atoms with E-state index in [0.717, 1.165) is 12.1 Å². The van der Waals surface area contributed by atoms with Crippen molar-refractivity contribution in [2.45, 2.75) is 52.2 Å². The Hall–Kier alpha value is -0.930. The summed E-state index contributed by atoms with van der Waals surface area (Å²) < 4.78 is 13.1. The Morgan fingerprint density at radius 1 is 1.20 bits per heavy atom. The lowest BCUT2D eigenvalue weighted by Crippen LogP contribution is -2.51. The third-order valence-corrected chi connectivity index (χ3v) is 4.71. The number of nitrogens with zero attached hydrogens (tertiary/aromatic N) is 1. The van der Waals surface area contributed by atoms with E-state index in [-0.39, 0.29) is 17.9 Å². The molecular weight excluding hydrogens is 251 g/mol. The minimum atomic E-state index is -0.189. The zero-order valence-electron chi connectivity index (χ0n) is 13.0. The highest BCUT2D eigenvalue weighted by Gasteiger charge is 2.35. The van der Waals surface area contributed by atoms with E-state index in [9.17, 15) is 4.39 Å². The normalized spacial score (nSPS) is 31.0. The van der Waals surface area contributed by atoms with Gasteiger partial charge in [-0.05, 0) is 49.8 Å². The Bertz CT molecular complexity index is 429. The van der Waals surface area contributed by atoms with Crippen molar-refractivity contribution in [3.8, 4) is 0 Å². The van der Waals surface area contributed by atoms with Crippen LogP contribution in [-0.4, -0.2) is 23.5 Å². The average Bonchev–Trinajstić information content (AvgIpc) is 2.37. The lowest BCUT2D eigenvalue weighted by Gasteiger charge is -2.46. The Morgan fingerprint density at radius 2 is 1.80 bits per heavy atom. The molecule has 0 spiro atoms. The van der Waals surface area contributed by atoms with Gasteiger partial charge in [0.25, 0.3) is 0 Å². The number of halogens is 1. The second kappa shape index (κ2) is 6.23. The van der Waals surface area contributed by atoms with Gasteiger partial charge in [0, 0.05) is 24.7 Å². The van der Waals surface area contributed by atoms with Gasteiger partial charge in [0.05, 0.1) is 0 Å². The quantitative estimate of drug-likeness (QED) is 0.915. The van der Waals surface area contributed by atoms with E-state index < -0.39 is 0 Å². The first-order valence-corrected chi connectivity index (χ1v) is 7.67. The van der Waals surface area contributed by atoms with Crippen LogP contribution in [0.15, 0.2) is 24.3 Å². The van der Waals surface area contributed by atoms with Crippen LogP contribution in [0.25, 0.3) is 0 Å². The van der Waals surface area contributed by atoms with Crippen molar-refractivity contribution in [3.05, 3.63) is 35.6 Å². The van der Waals surface area contributed by atoms with E-state index >= 15 is 0 Å². The molecule has 5 atom stereocenters. The van der Waals surface area contributed by atoms with Crippen LogP contribution in [-0.2, 0) is 0 Å². The van der Waals surface area contributed by atoms with Gasteiger partial charge in [-0.3, -0.25) is 4.90 Å². The van der Waals surface area contributed by atoms with Gasteiger partial charge in [0.15, 0.2) is 0 Å².